The third-order valence-corrected chi connectivity index (χ3v) is 3.30. The molecule has 1 aromatic carbocycles. The van der Waals surface area contributed by atoms with Gasteiger partial charge in [-0.1, -0.05) is 0 Å². The van der Waals surface area contributed by atoms with Gasteiger partial charge in [-0.3, -0.25) is 4.79 Å². The topological polar surface area (TPSA) is 36.1 Å². The number of fused-ring (bicyclic) bond motifs is 1. The highest BCUT2D eigenvalue weighted by atomic mass is 19.1. The number of aromatic amines is 1. The quantitative estimate of drug-likeness (QED) is 0.821. The Morgan fingerprint density at radius 2 is 2.00 bits per heavy atom. The summed E-state index contributed by atoms with van der Waals surface area (Å²) in [7, 11) is 0. The largest absolute Gasteiger partial charge is 0.365 e. The minimum Gasteiger partial charge on any atom is -0.365 e. The zero-order chi connectivity index (χ0) is 12.5. The van der Waals surface area contributed by atoms with Crippen LogP contribution in [0.1, 0.15) is 21.6 Å². The first kappa shape index (κ1) is 11.0. The molecule has 0 unspecified atom stereocenters. The van der Waals surface area contributed by atoms with Gasteiger partial charge in [-0.2, -0.15) is 0 Å². The molecule has 1 N–H and O–H groups in total. The first-order valence-corrected chi connectivity index (χ1v) is 5.94. The molecule has 0 saturated carbocycles. The highest BCUT2D eigenvalue weighted by molar-refractivity contribution is 5.94. The van der Waals surface area contributed by atoms with Crippen molar-refractivity contribution in [3.8, 4) is 0 Å². The van der Waals surface area contributed by atoms with Crippen LogP contribution < -0.4 is 0 Å². The lowest BCUT2D eigenvalue weighted by atomic mass is 10.1. The van der Waals surface area contributed by atoms with Crippen LogP contribution in [-0.4, -0.2) is 22.3 Å². The Morgan fingerprint density at radius 3 is 2.78 bits per heavy atom. The average Bonchev–Trinajstić information content (AvgIpc) is 2.86. The second kappa shape index (κ2) is 4.29. The fraction of sp³-hybridized carbons (Fsp3) is 0.214. The summed E-state index contributed by atoms with van der Waals surface area (Å²) in [6.45, 7) is 1.32. The molecule has 18 heavy (non-hydrogen) atoms. The molecule has 0 fully saturated rings. The molecular formula is C14H13FN2O. The summed E-state index contributed by atoms with van der Waals surface area (Å²) < 4.78 is 12.8. The monoisotopic (exact) mass is 244 g/mol. The van der Waals surface area contributed by atoms with Crippen LogP contribution in [0.4, 0.5) is 4.39 Å². The minimum absolute atomic E-state index is 0.0400. The predicted octanol–water partition coefficient (Wildman–Crippen LogP) is 2.35. The van der Waals surface area contributed by atoms with Crippen molar-refractivity contribution in [1.29, 1.82) is 0 Å². The summed E-state index contributed by atoms with van der Waals surface area (Å²) in [5, 5.41) is 0. The number of nitrogens with zero attached hydrogens (tertiary/aromatic N) is 1. The van der Waals surface area contributed by atoms with E-state index in [2.05, 4.69) is 4.98 Å². The molecule has 0 atom stereocenters. The molecule has 3 rings (SSSR count). The summed E-state index contributed by atoms with van der Waals surface area (Å²) in [6.07, 6.45) is 2.74. The molecule has 0 spiro atoms. The van der Waals surface area contributed by atoms with E-state index in [0.717, 1.165) is 12.0 Å². The fourth-order valence-electron chi connectivity index (χ4n) is 2.30. The van der Waals surface area contributed by atoms with Gasteiger partial charge in [-0.25, -0.2) is 4.39 Å². The molecule has 0 aliphatic carbocycles. The normalized spacial score (nSPS) is 14.4. The van der Waals surface area contributed by atoms with Crippen LogP contribution in [-0.2, 0) is 13.0 Å². The molecule has 92 valence electrons. The Morgan fingerprint density at radius 1 is 1.22 bits per heavy atom. The van der Waals surface area contributed by atoms with E-state index in [9.17, 15) is 9.18 Å². The molecule has 1 aliphatic heterocycles. The molecule has 4 heteroatoms. The highest BCUT2D eigenvalue weighted by Gasteiger charge is 2.22. The molecule has 0 radical (unpaired) electrons. The molecule has 2 heterocycles. The van der Waals surface area contributed by atoms with Crippen LogP contribution in [0.2, 0.25) is 0 Å². The van der Waals surface area contributed by atoms with Gasteiger partial charge in [0, 0.05) is 37.0 Å². The maximum Gasteiger partial charge on any atom is 0.254 e. The third kappa shape index (κ3) is 1.90. The number of aromatic nitrogens is 1. The average molecular weight is 244 g/mol. The van der Waals surface area contributed by atoms with E-state index >= 15 is 0 Å². The van der Waals surface area contributed by atoms with Gasteiger partial charge < -0.3 is 9.88 Å². The number of benzene rings is 1. The van der Waals surface area contributed by atoms with E-state index in [-0.39, 0.29) is 11.7 Å². The number of hydrogen-bond acceptors (Lipinski definition) is 1. The number of carbonyl (C=O) groups is 1. The zero-order valence-corrected chi connectivity index (χ0v) is 9.82. The first-order chi connectivity index (χ1) is 8.74. The van der Waals surface area contributed by atoms with E-state index in [1.807, 2.05) is 12.3 Å². The Labute approximate surface area is 104 Å². The van der Waals surface area contributed by atoms with Gasteiger partial charge in [-0.15, -0.1) is 0 Å². The second-order valence-electron chi connectivity index (χ2n) is 4.47. The summed E-state index contributed by atoms with van der Waals surface area (Å²) in [5.74, 6) is -0.361. The van der Waals surface area contributed by atoms with Crippen LogP contribution in [0.3, 0.4) is 0 Å². The first-order valence-electron chi connectivity index (χ1n) is 5.94. The number of amides is 1. The molecule has 1 aliphatic rings. The minimum atomic E-state index is -0.321. The van der Waals surface area contributed by atoms with Crippen LogP contribution in [0.25, 0.3) is 0 Å². The number of nitrogens with one attached hydrogen (secondary N) is 1. The van der Waals surface area contributed by atoms with Gasteiger partial charge in [-0.05, 0) is 35.9 Å². The van der Waals surface area contributed by atoms with E-state index in [1.54, 1.807) is 4.90 Å². The van der Waals surface area contributed by atoms with E-state index < -0.39 is 0 Å². The summed E-state index contributed by atoms with van der Waals surface area (Å²) >= 11 is 0. The van der Waals surface area contributed by atoms with Crippen LogP contribution in [0, 0.1) is 5.82 Å². The molecular weight excluding hydrogens is 231 g/mol. The fourth-order valence-corrected chi connectivity index (χ4v) is 2.30. The molecule has 2 aromatic rings. The predicted molar refractivity (Wildman–Crippen MR) is 65.6 cm³/mol. The van der Waals surface area contributed by atoms with Crippen molar-refractivity contribution in [2.75, 3.05) is 6.54 Å². The Balaban J connectivity index is 1.80. The number of hydrogen-bond donors (Lipinski definition) is 1. The lowest BCUT2D eigenvalue weighted by Crippen LogP contribution is -2.35. The van der Waals surface area contributed by atoms with Crippen molar-refractivity contribution in [1.82, 2.24) is 9.88 Å². The van der Waals surface area contributed by atoms with Crippen molar-refractivity contribution >= 4 is 5.91 Å². The Bertz CT molecular complexity index is 574. The molecule has 0 bridgehead atoms. The smallest absolute Gasteiger partial charge is 0.254 e. The second-order valence-corrected chi connectivity index (χ2v) is 4.47. The number of carbonyl (C=O) groups excluding carboxylic acids is 1. The standard InChI is InChI=1S/C14H13FN2O/c15-12-3-1-10(2-4-12)14(18)17-8-6-13-11(9-17)5-7-16-13/h1-5,7,16H,6,8-9H2. The maximum absolute atomic E-state index is 12.8. The number of halogens is 1. The van der Waals surface area contributed by atoms with Crippen molar-refractivity contribution < 1.29 is 9.18 Å². The van der Waals surface area contributed by atoms with E-state index in [1.165, 1.54) is 30.0 Å². The summed E-state index contributed by atoms with van der Waals surface area (Å²) in [5.41, 5.74) is 2.91. The Kier molecular flexibility index (Phi) is 2.63. The molecule has 1 amide bonds. The highest BCUT2D eigenvalue weighted by Crippen LogP contribution is 2.19. The van der Waals surface area contributed by atoms with Gasteiger partial charge in [0.05, 0.1) is 0 Å². The van der Waals surface area contributed by atoms with Crippen molar-refractivity contribution in [3.63, 3.8) is 0 Å². The Hall–Kier alpha value is -2.10. The van der Waals surface area contributed by atoms with Gasteiger partial charge in [0.15, 0.2) is 0 Å². The van der Waals surface area contributed by atoms with E-state index in [0.29, 0.717) is 18.7 Å². The van der Waals surface area contributed by atoms with Gasteiger partial charge in [0.1, 0.15) is 5.82 Å². The maximum atomic E-state index is 12.8. The van der Waals surface area contributed by atoms with Crippen molar-refractivity contribution in [2.24, 2.45) is 0 Å². The van der Waals surface area contributed by atoms with Crippen LogP contribution >= 0.6 is 0 Å². The summed E-state index contributed by atoms with van der Waals surface area (Å²) in [6, 6.07) is 7.70. The van der Waals surface area contributed by atoms with Gasteiger partial charge in [0.2, 0.25) is 0 Å². The number of rotatable bonds is 1. The molecule has 3 nitrogen and oxygen atoms in total. The SMILES string of the molecule is O=C(c1ccc(F)cc1)N1CCc2[nH]ccc2C1. The lowest BCUT2D eigenvalue weighted by Gasteiger charge is -2.27. The zero-order valence-electron chi connectivity index (χ0n) is 9.82. The number of H-pyrrole nitrogens is 1. The summed E-state index contributed by atoms with van der Waals surface area (Å²) in [4.78, 5) is 17.2. The van der Waals surface area contributed by atoms with Crippen LogP contribution in [0.15, 0.2) is 36.5 Å². The lowest BCUT2D eigenvalue weighted by molar-refractivity contribution is 0.0734. The van der Waals surface area contributed by atoms with Crippen LogP contribution in [0.5, 0.6) is 0 Å². The van der Waals surface area contributed by atoms with Crippen molar-refractivity contribution in [3.05, 3.63) is 59.2 Å². The van der Waals surface area contributed by atoms with E-state index in [4.69, 9.17) is 0 Å². The van der Waals surface area contributed by atoms with Crippen molar-refractivity contribution in [2.45, 2.75) is 13.0 Å². The van der Waals surface area contributed by atoms with Gasteiger partial charge >= 0.3 is 0 Å². The van der Waals surface area contributed by atoms with Gasteiger partial charge in [0.25, 0.3) is 5.91 Å². The molecule has 1 aromatic heterocycles. The third-order valence-electron chi connectivity index (χ3n) is 3.30. The molecule has 0 saturated heterocycles.